The van der Waals surface area contributed by atoms with E-state index >= 15 is 0 Å². The van der Waals surface area contributed by atoms with Crippen LogP contribution in [0.3, 0.4) is 0 Å². The fourth-order valence-corrected chi connectivity index (χ4v) is 2.73. The predicted octanol–water partition coefficient (Wildman–Crippen LogP) is 2.26. The van der Waals surface area contributed by atoms with Gasteiger partial charge in [0, 0.05) is 25.7 Å². The van der Waals surface area contributed by atoms with Crippen LogP contribution in [0, 0.1) is 5.92 Å². The predicted molar refractivity (Wildman–Crippen MR) is 83.6 cm³/mol. The highest BCUT2D eigenvalue weighted by atomic mass is 16.3. The zero-order valence-corrected chi connectivity index (χ0v) is 12.8. The summed E-state index contributed by atoms with van der Waals surface area (Å²) in [5.41, 5.74) is 1.38. The second-order valence-corrected chi connectivity index (χ2v) is 6.28. The maximum absolute atomic E-state index is 9.88. The Morgan fingerprint density at radius 1 is 1.30 bits per heavy atom. The van der Waals surface area contributed by atoms with Crippen molar-refractivity contribution in [3.8, 4) is 0 Å². The van der Waals surface area contributed by atoms with E-state index in [0.717, 1.165) is 13.1 Å². The van der Waals surface area contributed by atoms with Crippen LogP contribution in [0.15, 0.2) is 30.3 Å². The smallest absolute Gasteiger partial charge is 0.0687 e. The van der Waals surface area contributed by atoms with Crippen LogP contribution in [0.2, 0.25) is 0 Å². The van der Waals surface area contributed by atoms with Crippen LogP contribution in [0.4, 0.5) is 0 Å². The Hall–Kier alpha value is -0.900. The fraction of sp³-hybridized carbons (Fsp3) is 0.647. The summed E-state index contributed by atoms with van der Waals surface area (Å²) in [5.74, 6) is 0.325. The van der Waals surface area contributed by atoms with Crippen LogP contribution in [0.5, 0.6) is 0 Å². The zero-order valence-electron chi connectivity index (χ0n) is 12.8. The molecule has 1 fully saturated rings. The Morgan fingerprint density at radius 3 is 2.75 bits per heavy atom. The summed E-state index contributed by atoms with van der Waals surface area (Å²) >= 11 is 0. The van der Waals surface area contributed by atoms with E-state index in [1.54, 1.807) is 0 Å². The summed E-state index contributed by atoms with van der Waals surface area (Å²) in [7, 11) is 0. The third-order valence-electron chi connectivity index (χ3n) is 4.14. The molecule has 1 aliphatic heterocycles. The van der Waals surface area contributed by atoms with Gasteiger partial charge in [-0.3, -0.25) is 4.90 Å². The largest absolute Gasteiger partial charge is 0.392 e. The van der Waals surface area contributed by atoms with Gasteiger partial charge in [-0.15, -0.1) is 0 Å². The molecule has 0 bridgehead atoms. The minimum Gasteiger partial charge on any atom is -0.392 e. The molecule has 112 valence electrons. The number of piperidine rings is 1. The second kappa shape index (κ2) is 7.77. The SMILES string of the molecule is CC(C)C(O)CNC1CCCN(Cc2ccccc2)C1. The molecule has 0 radical (unpaired) electrons. The number of nitrogens with zero attached hydrogens (tertiary/aromatic N) is 1. The highest BCUT2D eigenvalue weighted by Gasteiger charge is 2.20. The highest BCUT2D eigenvalue weighted by molar-refractivity contribution is 5.14. The summed E-state index contributed by atoms with van der Waals surface area (Å²) in [4.78, 5) is 2.51. The molecule has 2 N–H and O–H groups in total. The fourth-order valence-electron chi connectivity index (χ4n) is 2.73. The van der Waals surface area contributed by atoms with Crippen LogP contribution in [0.25, 0.3) is 0 Å². The third kappa shape index (κ3) is 4.89. The van der Waals surface area contributed by atoms with Gasteiger partial charge in [-0.2, -0.15) is 0 Å². The Morgan fingerprint density at radius 2 is 2.05 bits per heavy atom. The number of nitrogens with one attached hydrogen (secondary N) is 1. The Kier molecular flexibility index (Phi) is 6.02. The number of hydrogen-bond donors (Lipinski definition) is 2. The molecule has 2 atom stereocenters. The zero-order chi connectivity index (χ0) is 14.4. The average Bonchev–Trinajstić information content (AvgIpc) is 2.46. The number of hydrogen-bond acceptors (Lipinski definition) is 3. The summed E-state index contributed by atoms with van der Waals surface area (Å²) in [6.45, 7) is 8.14. The van der Waals surface area contributed by atoms with Gasteiger partial charge in [0.25, 0.3) is 0 Å². The molecule has 1 aromatic rings. The van der Waals surface area contributed by atoms with Crippen molar-refractivity contribution in [3.05, 3.63) is 35.9 Å². The van der Waals surface area contributed by atoms with Crippen LogP contribution in [0.1, 0.15) is 32.3 Å². The van der Waals surface area contributed by atoms with Crippen molar-refractivity contribution in [2.75, 3.05) is 19.6 Å². The van der Waals surface area contributed by atoms with E-state index in [4.69, 9.17) is 0 Å². The third-order valence-corrected chi connectivity index (χ3v) is 4.14. The second-order valence-electron chi connectivity index (χ2n) is 6.28. The van der Waals surface area contributed by atoms with E-state index in [9.17, 15) is 5.11 Å². The molecular formula is C17H28N2O. The highest BCUT2D eigenvalue weighted by Crippen LogP contribution is 2.14. The Labute approximate surface area is 123 Å². The number of benzene rings is 1. The quantitative estimate of drug-likeness (QED) is 0.836. The van der Waals surface area contributed by atoms with Crippen molar-refractivity contribution in [3.63, 3.8) is 0 Å². The first-order chi connectivity index (χ1) is 9.65. The van der Waals surface area contributed by atoms with Crippen LogP contribution in [-0.4, -0.2) is 41.8 Å². The molecule has 0 aliphatic carbocycles. The van der Waals surface area contributed by atoms with Gasteiger partial charge in [0.15, 0.2) is 0 Å². The first-order valence-corrected chi connectivity index (χ1v) is 7.83. The van der Waals surface area contributed by atoms with Gasteiger partial charge in [0.1, 0.15) is 0 Å². The molecule has 2 rings (SSSR count). The lowest BCUT2D eigenvalue weighted by Crippen LogP contribution is -2.47. The van der Waals surface area contributed by atoms with E-state index in [1.165, 1.54) is 24.9 Å². The lowest BCUT2D eigenvalue weighted by molar-refractivity contribution is 0.109. The molecule has 1 aliphatic rings. The summed E-state index contributed by atoms with van der Waals surface area (Å²) in [6, 6.07) is 11.2. The molecule has 1 heterocycles. The van der Waals surface area contributed by atoms with Gasteiger partial charge < -0.3 is 10.4 Å². The molecule has 20 heavy (non-hydrogen) atoms. The van der Waals surface area contributed by atoms with E-state index in [-0.39, 0.29) is 6.10 Å². The molecule has 1 aromatic carbocycles. The average molecular weight is 276 g/mol. The summed E-state index contributed by atoms with van der Waals surface area (Å²) in [5, 5.41) is 13.4. The van der Waals surface area contributed by atoms with Gasteiger partial charge in [-0.25, -0.2) is 0 Å². The van der Waals surface area contributed by atoms with Crippen LogP contribution < -0.4 is 5.32 Å². The van der Waals surface area contributed by atoms with Gasteiger partial charge in [0.2, 0.25) is 0 Å². The lowest BCUT2D eigenvalue weighted by atomic mass is 10.0. The van der Waals surface area contributed by atoms with Crippen molar-refractivity contribution in [2.24, 2.45) is 5.92 Å². The minimum absolute atomic E-state index is 0.237. The van der Waals surface area contributed by atoms with Crippen molar-refractivity contribution >= 4 is 0 Å². The Bertz CT molecular complexity index is 380. The van der Waals surface area contributed by atoms with Crippen LogP contribution >= 0.6 is 0 Å². The molecule has 3 heteroatoms. The standard InChI is InChI=1S/C17H28N2O/c1-14(2)17(20)11-18-16-9-6-10-19(13-16)12-15-7-4-3-5-8-15/h3-5,7-8,14,16-18,20H,6,9-13H2,1-2H3. The summed E-state index contributed by atoms with van der Waals surface area (Å²) in [6.07, 6.45) is 2.22. The first-order valence-electron chi connectivity index (χ1n) is 7.83. The molecule has 0 aromatic heterocycles. The number of likely N-dealkylation sites (tertiary alicyclic amines) is 1. The van der Waals surface area contributed by atoms with Crippen molar-refractivity contribution in [1.82, 2.24) is 10.2 Å². The molecule has 2 unspecified atom stereocenters. The minimum atomic E-state index is -0.237. The molecule has 3 nitrogen and oxygen atoms in total. The van der Waals surface area contributed by atoms with Gasteiger partial charge in [-0.1, -0.05) is 44.2 Å². The number of rotatable bonds is 6. The first kappa shape index (κ1) is 15.5. The molecule has 0 spiro atoms. The molecule has 0 amide bonds. The van der Waals surface area contributed by atoms with Crippen molar-refractivity contribution in [1.29, 1.82) is 0 Å². The monoisotopic (exact) mass is 276 g/mol. The van der Waals surface area contributed by atoms with Gasteiger partial charge in [-0.05, 0) is 30.9 Å². The van der Waals surface area contributed by atoms with Crippen molar-refractivity contribution < 1.29 is 5.11 Å². The van der Waals surface area contributed by atoms with Gasteiger partial charge >= 0.3 is 0 Å². The maximum atomic E-state index is 9.88. The molecule has 0 saturated carbocycles. The molecular weight excluding hydrogens is 248 g/mol. The van der Waals surface area contributed by atoms with E-state index in [0.29, 0.717) is 18.5 Å². The van der Waals surface area contributed by atoms with Crippen molar-refractivity contribution in [2.45, 2.75) is 45.4 Å². The maximum Gasteiger partial charge on any atom is 0.0687 e. The van der Waals surface area contributed by atoms with E-state index < -0.39 is 0 Å². The van der Waals surface area contributed by atoms with Gasteiger partial charge in [0.05, 0.1) is 6.10 Å². The number of aliphatic hydroxyl groups is 1. The van der Waals surface area contributed by atoms with Crippen LogP contribution in [-0.2, 0) is 6.54 Å². The summed E-state index contributed by atoms with van der Waals surface area (Å²) < 4.78 is 0. The Balaban J connectivity index is 1.77. The van der Waals surface area contributed by atoms with E-state index in [2.05, 4.69) is 54.4 Å². The van der Waals surface area contributed by atoms with E-state index in [1.807, 2.05) is 0 Å². The topological polar surface area (TPSA) is 35.5 Å². The normalized spacial score (nSPS) is 22.1. The molecule has 1 saturated heterocycles. The lowest BCUT2D eigenvalue weighted by Gasteiger charge is -2.34. The number of aliphatic hydroxyl groups excluding tert-OH is 1.